The predicted octanol–water partition coefficient (Wildman–Crippen LogP) is 3.62. The summed E-state index contributed by atoms with van der Waals surface area (Å²) in [5.74, 6) is 0.805. The SMILES string of the molecule is O=C(Nc1cn2nc(Oc3ccc(NC(=O)C4(C(=O)Nc5ccccc5)CC4)nc3)ccc2n1)C1CC1. The lowest BCUT2D eigenvalue weighted by molar-refractivity contribution is -0.131. The number of fused-ring (bicyclic) bond motifs is 1. The molecule has 3 N–H and O–H groups in total. The van der Waals surface area contributed by atoms with Gasteiger partial charge in [-0.2, -0.15) is 0 Å². The fraction of sp³-hybridized carbons (Fsp3) is 0.231. The summed E-state index contributed by atoms with van der Waals surface area (Å²) < 4.78 is 7.31. The van der Waals surface area contributed by atoms with E-state index in [0.29, 0.717) is 47.4 Å². The van der Waals surface area contributed by atoms with Crippen molar-refractivity contribution in [1.82, 2.24) is 19.6 Å². The third-order valence-corrected chi connectivity index (χ3v) is 6.35. The number of para-hydroxylation sites is 1. The number of amides is 3. The fourth-order valence-electron chi connectivity index (χ4n) is 3.88. The van der Waals surface area contributed by atoms with Crippen molar-refractivity contribution < 1.29 is 19.1 Å². The molecule has 3 heterocycles. The molecule has 2 aliphatic rings. The molecule has 11 heteroatoms. The Labute approximate surface area is 211 Å². The van der Waals surface area contributed by atoms with Gasteiger partial charge in [-0.15, -0.1) is 5.10 Å². The molecule has 2 saturated carbocycles. The molecule has 2 aliphatic carbocycles. The first-order valence-corrected chi connectivity index (χ1v) is 12.0. The van der Waals surface area contributed by atoms with Gasteiger partial charge in [0.15, 0.2) is 11.5 Å². The molecule has 0 bridgehead atoms. The Bertz CT molecular complexity index is 1490. The van der Waals surface area contributed by atoms with Crippen LogP contribution in [-0.4, -0.2) is 37.3 Å². The van der Waals surface area contributed by atoms with Crippen molar-refractivity contribution in [2.45, 2.75) is 25.7 Å². The molecule has 4 aromatic rings. The second-order valence-corrected chi connectivity index (χ2v) is 9.20. The van der Waals surface area contributed by atoms with Gasteiger partial charge in [-0.05, 0) is 56.0 Å². The van der Waals surface area contributed by atoms with Gasteiger partial charge >= 0.3 is 0 Å². The normalized spacial score (nSPS) is 15.6. The van der Waals surface area contributed by atoms with E-state index < -0.39 is 5.41 Å². The van der Waals surface area contributed by atoms with Crippen LogP contribution in [0.3, 0.4) is 0 Å². The summed E-state index contributed by atoms with van der Waals surface area (Å²) >= 11 is 0. The van der Waals surface area contributed by atoms with Crippen molar-refractivity contribution >= 4 is 40.7 Å². The molecule has 11 nitrogen and oxygen atoms in total. The molecule has 0 spiro atoms. The fourth-order valence-corrected chi connectivity index (χ4v) is 3.88. The summed E-state index contributed by atoms with van der Waals surface area (Å²) in [5.41, 5.74) is 0.126. The number of anilines is 3. The van der Waals surface area contributed by atoms with E-state index in [4.69, 9.17) is 4.74 Å². The van der Waals surface area contributed by atoms with E-state index in [-0.39, 0.29) is 23.6 Å². The van der Waals surface area contributed by atoms with E-state index in [1.54, 1.807) is 42.6 Å². The smallest absolute Gasteiger partial charge is 0.241 e. The third kappa shape index (κ3) is 4.83. The molecular weight excluding hydrogens is 474 g/mol. The summed E-state index contributed by atoms with van der Waals surface area (Å²) in [6.07, 6.45) is 5.87. The van der Waals surface area contributed by atoms with Crippen LogP contribution in [0.2, 0.25) is 0 Å². The number of hydrogen-bond donors (Lipinski definition) is 3. The lowest BCUT2D eigenvalue weighted by Gasteiger charge is -2.15. The Balaban J connectivity index is 1.07. The second kappa shape index (κ2) is 9.01. The standard InChI is InChI=1S/C26H23N7O4/c34-23(16-6-7-16)30-20-15-33-21(29-20)10-11-22(32-33)37-18-8-9-19(27-14-18)31-25(36)26(12-13-26)24(35)28-17-4-2-1-3-5-17/h1-5,8-11,14-16H,6-7,12-13H2,(H,28,35)(H,30,34)(H,27,31,36). The van der Waals surface area contributed by atoms with E-state index in [2.05, 4.69) is 31.0 Å². The second-order valence-electron chi connectivity index (χ2n) is 9.20. The predicted molar refractivity (Wildman–Crippen MR) is 134 cm³/mol. The number of carbonyl (C=O) groups excluding carboxylic acids is 3. The Kier molecular flexibility index (Phi) is 5.52. The van der Waals surface area contributed by atoms with Crippen LogP contribution >= 0.6 is 0 Å². The van der Waals surface area contributed by atoms with E-state index >= 15 is 0 Å². The average molecular weight is 498 g/mol. The van der Waals surface area contributed by atoms with Crippen LogP contribution in [0.15, 0.2) is 67.0 Å². The topological polar surface area (TPSA) is 140 Å². The third-order valence-electron chi connectivity index (χ3n) is 6.35. The van der Waals surface area contributed by atoms with Crippen molar-refractivity contribution in [3.63, 3.8) is 0 Å². The number of nitrogens with zero attached hydrogens (tertiary/aromatic N) is 4. The van der Waals surface area contributed by atoms with Gasteiger partial charge in [0.05, 0.1) is 12.4 Å². The van der Waals surface area contributed by atoms with E-state index in [1.165, 1.54) is 10.7 Å². The van der Waals surface area contributed by atoms with Crippen LogP contribution in [0.5, 0.6) is 11.6 Å². The molecule has 3 aromatic heterocycles. The summed E-state index contributed by atoms with van der Waals surface area (Å²) in [6.45, 7) is 0. The molecule has 6 rings (SSSR count). The number of ether oxygens (including phenoxy) is 1. The molecule has 37 heavy (non-hydrogen) atoms. The Hall–Kier alpha value is -4.80. The maximum Gasteiger partial charge on any atom is 0.241 e. The van der Waals surface area contributed by atoms with Crippen molar-refractivity contribution in [2.75, 3.05) is 16.0 Å². The number of carbonyl (C=O) groups is 3. The zero-order valence-electron chi connectivity index (χ0n) is 19.7. The minimum absolute atomic E-state index is 0.0254. The molecular formula is C26H23N7O4. The monoisotopic (exact) mass is 497 g/mol. The Morgan fingerprint density at radius 1 is 0.892 bits per heavy atom. The zero-order valence-corrected chi connectivity index (χ0v) is 19.7. The molecule has 0 saturated heterocycles. The summed E-state index contributed by atoms with van der Waals surface area (Å²) in [4.78, 5) is 46.1. The number of pyridine rings is 1. The largest absolute Gasteiger partial charge is 0.436 e. The van der Waals surface area contributed by atoms with Crippen molar-refractivity contribution in [2.24, 2.45) is 11.3 Å². The lowest BCUT2D eigenvalue weighted by atomic mass is 10.1. The van der Waals surface area contributed by atoms with Crippen LogP contribution in [0.25, 0.3) is 5.65 Å². The van der Waals surface area contributed by atoms with Gasteiger partial charge in [-0.3, -0.25) is 14.4 Å². The maximum absolute atomic E-state index is 12.9. The highest BCUT2D eigenvalue weighted by Crippen LogP contribution is 2.47. The number of nitrogens with one attached hydrogen (secondary N) is 3. The van der Waals surface area contributed by atoms with Crippen LogP contribution in [-0.2, 0) is 14.4 Å². The van der Waals surface area contributed by atoms with E-state index in [9.17, 15) is 14.4 Å². The van der Waals surface area contributed by atoms with Gasteiger partial charge in [0.2, 0.25) is 23.6 Å². The van der Waals surface area contributed by atoms with Gasteiger partial charge in [0, 0.05) is 17.7 Å². The van der Waals surface area contributed by atoms with Crippen LogP contribution in [0.1, 0.15) is 25.7 Å². The summed E-state index contributed by atoms with van der Waals surface area (Å²) in [5, 5.41) is 12.7. The molecule has 0 unspecified atom stereocenters. The van der Waals surface area contributed by atoms with Gasteiger partial charge in [-0.1, -0.05) is 18.2 Å². The van der Waals surface area contributed by atoms with Crippen LogP contribution in [0, 0.1) is 11.3 Å². The highest BCUT2D eigenvalue weighted by Gasteiger charge is 2.56. The molecule has 3 amide bonds. The van der Waals surface area contributed by atoms with Crippen molar-refractivity contribution in [3.05, 3.63) is 67.0 Å². The molecule has 2 fully saturated rings. The maximum atomic E-state index is 12.9. The van der Waals surface area contributed by atoms with Crippen LogP contribution in [0.4, 0.5) is 17.3 Å². The number of aromatic nitrogens is 4. The van der Waals surface area contributed by atoms with Gasteiger partial charge in [0.1, 0.15) is 17.0 Å². The van der Waals surface area contributed by atoms with E-state index in [0.717, 1.165) is 12.8 Å². The Morgan fingerprint density at radius 2 is 1.68 bits per heavy atom. The highest BCUT2D eigenvalue weighted by atomic mass is 16.5. The minimum atomic E-state index is -1.09. The zero-order chi connectivity index (χ0) is 25.4. The molecule has 0 aliphatic heterocycles. The van der Waals surface area contributed by atoms with Crippen LogP contribution < -0.4 is 20.7 Å². The minimum Gasteiger partial charge on any atom is -0.436 e. The lowest BCUT2D eigenvalue weighted by Crippen LogP contribution is -2.35. The van der Waals surface area contributed by atoms with Crippen molar-refractivity contribution in [1.29, 1.82) is 0 Å². The summed E-state index contributed by atoms with van der Waals surface area (Å²) in [6, 6.07) is 15.7. The van der Waals surface area contributed by atoms with Crippen molar-refractivity contribution in [3.8, 4) is 11.6 Å². The highest BCUT2D eigenvalue weighted by molar-refractivity contribution is 6.16. The van der Waals surface area contributed by atoms with E-state index in [1.807, 2.05) is 18.2 Å². The first kappa shape index (κ1) is 22.7. The van der Waals surface area contributed by atoms with Gasteiger partial charge < -0.3 is 20.7 Å². The quantitative estimate of drug-likeness (QED) is 0.316. The molecule has 1 aromatic carbocycles. The number of benzene rings is 1. The van der Waals surface area contributed by atoms with Gasteiger partial charge in [-0.25, -0.2) is 14.5 Å². The first-order valence-electron chi connectivity index (χ1n) is 12.0. The Morgan fingerprint density at radius 3 is 2.38 bits per heavy atom. The number of imidazole rings is 1. The molecule has 0 atom stereocenters. The molecule has 0 radical (unpaired) electrons. The summed E-state index contributed by atoms with van der Waals surface area (Å²) in [7, 11) is 0. The average Bonchev–Trinajstić information content (AvgIpc) is 3.82. The number of hydrogen-bond acceptors (Lipinski definition) is 7. The first-order chi connectivity index (χ1) is 18.0. The number of rotatable bonds is 8. The van der Waals surface area contributed by atoms with Gasteiger partial charge in [0.25, 0.3) is 0 Å². The molecule has 186 valence electrons.